The molecule has 0 rings (SSSR count). The van der Waals surface area contributed by atoms with Gasteiger partial charge in [-0.05, 0) is 44.9 Å². The minimum atomic E-state index is -4.33. The molecule has 0 fully saturated rings. The third-order valence-electron chi connectivity index (χ3n) is 9.27. The van der Waals surface area contributed by atoms with Gasteiger partial charge in [-0.15, -0.1) is 0 Å². The molecule has 8 nitrogen and oxygen atoms in total. The van der Waals surface area contributed by atoms with Crippen LogP contribution in [0.2, 0.25) is 0 Å². The first-order valence-corrected chi connectivity index (χ1v) is 22.5. The molecule has 0 aliphatic heterocycles. The zero-order valence-electron chi connectivity index (χ0n) is 32.6. The molecule has 1 amide bonds. The van der Waals surface area contributed by atoms with E-state index in [2.05, 4.69) is 31.3 Å². The number of nitrogens with two attached hydrogens (primary N) is 1. The molecule has 3 unspecified atom stereocenters. The predicted octanol–water partition coefficient (Wildman–Crippen LogP) is 11.4. The molecular weight excluding hydrogens is 647 g/mol. The maximum Gasteiger partial charge on any atom is 0.472 e. The fraction of sp³-hybridized carbons (Fsp3) is 0.878. The van der Waals surface area contributed by atoms with Crippen LogP contribution in [-0.4, -0.2) is 47.8 Å². The number of amides is 1. The van der Waals surface area contributed by atoms with Gasteiger partial charge in [0.2, 0.25) is 5.91 Å². The molecule has 0 saturated heterocycles. The van der Waals surface area contributed by atoms with Crippen molar-refractivity contribution in [2.24, 2.45) is 5.73 Å². The molecule has 3 atom stereocenters. The van der Waals surface area contributed by atoms with Crippen LogP contribution >= 0.6 is 7.82 Å². The van der Waals surface area contributed by atoms with E-state index in [0.29, 0.717) is 6.42 Å². The van der Waals surface area contributed by atoms with Crippen molar-refractivity contribution in [1.29, 1.82) is 0 Å². The molecule has 0 bridgehead atoms. The summed E-state index contributed by atoms with van der Waals surface area (Å²) in [5.41, 5.74) is 5.36. The Labute approximate surface area is 308 Å². The average molecular weight is 729 g/mol. The summed E-state index contributed by atoms with van der Waals surface area (Å²) < 4.78 is 22.1. The Balaban J connectivity index is 4.22. The van der Waals surface area contributed by atoms with E-state index in [0.717, 1.165) is 38.5 Å². The Hall–Kier alpha value is -1.02. The smallest absolute Gasteiger partial charge is 0.387 e. The molecule has 0 aliphatic carbocycles. The molecule has 0 saturated carbocycles. The summed E-state index contributed by atoms with van der Waals surface area (Å²) in [5.74, 6) is -0.199. The van der Waals surface area contributed by atoms with E-state index in [4.69, 9.17) is 14.8 Å². The van der Waals surface area contributed by atoms with Crippen LogP contribution in [-0.2, 0) is 18.4 Å². The van der Waals surface area contributed by atoms with E-state index in [1.165, 1.54) is 141 Å². The lowest BCUT2D eigenvalue weighted by atomic mass is 10.0. The topological polar surface area (TPSA) is 131 Å². The molecular formula is C41H81N2O6P. The number of allylic oxidation sites excluding steroid dienone is 3. The van der Waals surface area contributed by atoms with Gasteiger partial charge < -0.3 is 21.1 Å². The van der Waals surface area contributed by atoms with Crippen LogP contribution in [0, 0.1) is 0 Å². The maximum absolute atomic E-state index is 12.7. The van der Waals surface area contributed by atoms with Gasteiger partial charge in [0.1, 0.15) is 0 Å². The van der Waals surface area contributed by atoms with Crippen molar-refractivity contribution in [3.8, 4) is 0 Å². The average Bonchev–Trinajstić information content (AvgIpc) is 3.10. The number of nitrogens with one attached hydrogen (secondary N) is 1. The predicted molar refractivity (Wildman–Crippen MR) is 212 cm³/mol. The lowest BCUT2D eigenvalue weighted by Crippen LogP contribution is -2.45. The highest BCUT2D eigenvalue weighted by atomic mass is 31.2. The molecule has 0 aromatic heterocycles. The Morgan fingerprint density at radius 3 is 1.48 bits per heavy atom. The van der Waals surface area contributed by atoms with Crippen LogP contribution in [0.15, 0.2) is 24.3 Å². The van der Waals surface area contributed by atoms with Crippen LogP contribution in [0.1, 0.15) is 200 Å². The van der Waals surface area contributed by atoms with Crippen LogP contribution < -0.4 is 11.1 Å². The largest absolute Gasteiger partial charge is 0.472 e. The van der Waals surface area contributed by atoms with Crippen LogP contribution in [0.5, 0.6) is 0 Å². The van der Waals surface area contributed by atoms with E-state index in [1.807, 2.05) is 6.08 Å². The Bertz CT molecular complexity index is 840. The lowest BCUT2D eigenvalue weighted by molar-refractivity contribution is -0.123. The highest BCUT2D eigenvalue weighted by Crippen LogP contribution is 2.43. The summed E-state index contributed by atoms with van der Waals surface area (Å²) in [6.45, 7) is 4.13. The second kappa shape index (κ2) is 37.7. The number of aliphatic hydroxyl groups is 1. The van der Waals surface area contributed by atoms with Crippen LogP contribution in [0.4, 0.5) is 0 Å². The van der Waals surface area contributed by atoms with Crippen molar-refractivity contribution < 1.29 is 28.4 Å². The van der Waals surface area contributed by atoms with Gasteiger partial charge >= 0.3 is 7.82 Å². The molecule has 0 aromatic carbocycles. The third-order valence-corrected chi connectivity index (χ3v) is 10.3. The van der Waals surface area contributed by atoms with Crippen molar-refractivity contribution in [2.45, 2.75) is 212 Å². The maximum atomic E-state index is 12.7. The number of carbonyl (C=O) groups excluding carboxylic acids is 1. The lowest BCUT2D eigenvalue weighted by Gasteiger charge is -2.23. The molecule has 0 heterocycles. The first-order valence-electron chi connectivity index (χ1n) is 21.0. The van der Waals surface area contributed by atoms with Gasteiger partial charge in [-0.3, -0.25) is 13.8 Å². The van der Waals surface area contributed by atoms with Gasteiger partial charge in [-0.2, -0.15) is 0 Å². The minimum Gasteiger partial charge on any atom is -0.387 e. The number of unbranched alkanes of at least 4 members (excludes halogenated alkanes) is 25. The molecule has 50 heavy (non-hydrogen) atoms. The van der Waals surface area contributed by atoms with Crippen molar-refractivity contribution in [3.63, 3.8) is 0 Å². The number of phosphoric ester groups is 1. The van der Waals surface area contributed by atoms with E-state index < -0.39 is 20.0 Å². The molecule has 296 valence electrons. The fourth-order valence-corrected chi connectivity index (χ4v) is 6.83. The molecule has 0 spiro atoms. The Kier molecular flexibility index (Phi) is 37.0. The summed E-state index contributed by atoms with van der Waals surface area (Å²) in [4.78, 5) is 22.6. The number of rotatable bonds is 39. The van der Waals surface area contributed by atoms with Crippen molar-refractivity contribution in [1.82, 2.24) is 5.32 Å². The standard InChI is InChI=1S/C41H81N2O6P/c1-3-5-7-9-11-13-15-17-18-19-20-21-23-25-27-29-31-33-35-41(45)43-39(38-49-50(46,47)48-37-36-42)40(44)34-32-30-28-26-24-22-16-14-12-10-8-6-4-2/h18-19,32,34,39-40,44H,3-17,20-31,33,35-38,42H2,1-2H3,(H,43,45)(H,46,47)/b19-18-,34-32+. The molecule has 0 aromatic rings. The fourth-order valence-electron chi connectivity index (χ4n) is 6.07. The van der Waals surface area contributed by atoms with Gasteiger partial charge in [0.15, 0.2) is 0 Å². The first kappa shape index (κ1) is 49.0. The Morgan fingerprint density at radius 1 is 0.640 bits per heavy atom. The molecule has 0 aliphatic rings. The number of aliphatic hydroxyl groups excluding tert-OH is 1. The zero-order chi connectivity index (χ0) is 36.8. The van der Waals surface area contributed by atoms with Gasteiger partial charge in [0.05, 0.1) is 25.4 Å². The monoisotopic (exact) mass is 729 g/mol. The zero-order valence-corrected chi connectivity index (χ0v) is 33.5. The summed E-state index contributed by atoms with van der Waals surface area (Å²) in [7, 11) is -4.33. The van der Waals surface area contributed by atoms with Crippen LogP contribution in [0.25, 0.3) is 0 Å². The minimum absolute atomic E-state index is 0.0786. The van der Waals surface area contributed by atoms with Gasteiger partial charge in [0.25, 0.3) is 0 Å². The number of phosphoric acid groups is 1. The Morgan fingerprint density at radius 2 is 1.04 bits per heavy atom. The second-order valence-corrected chi connectivity index (χ2v) is 15.7. The van der Waals surface area contributed by atoms with E-state index >= 15 is 0 Å². The number of carbonyl (C=O) groups is 1. The molecule has 9 heteroatoms. The van der Waals surface area contributed by atoms with Gasteiger partial charge in [-0.1, -0.05) is 173 Å². The summed E-state index contributed by atoms with van der Waals surface area (Å²) in [6, 6.07) is -0.859. The van der Waals surface area contributed by atoms with Crippen LogP contribution in [0.3, 0.4) is 0 Å². The number of hydrogen-bond acceptors (Lipinski definition) is 6. The first-order chi connectivity index (χ1) is 24.4. The van der Waals surface area contributed by atoms with Crippen molar-refractivity contribution in [2.75, 3.05) is 19.8 Å². The second-order valence-electron chi connectivity index (χ2n) is 14.2. The van der Waals surface area contributed by atoms with Crippen molar-refractivity contribution >= 4 is 13.7 Å². The quantitative estimate of drug-likeness (QED) is 0.0281. The van der Waals surface area contributed by atoms with E-state index in [9.17, 15) is 19.4 Å². The molecule has 0 radical (unpaired) electrons. The normalized spacial score (nSPS) is 14.4. The van der Waals surface area contributed by atoms with Gasteiger partial charge in [-0.25, -0.2) is 4.57 Å². The SMILES string of the molecule is CCCCCCCCC/C=C\CCCCCCCCCC(=O)NC(COP(=O)(O)OCCN)C(O)/C=C/CCCCCCCCCCCCC. The van der Waals surface area contributed by atoms with E-state index in [1.54, 1.807) is 6.08 Å². The van der Waals surface area contributed by atoms with E-state index in [-0.39, 0.29) is 25.7 Å². The summed E-state index contributed by atoms with van der Waals surface area (Å²) in [5, 5.41) is 13.6. The highest BCUT2D eigenvalue weighted by molar-refractivity contribution is 7.47. The van der Waals surface area contributed by atoms with Gasteiger partial charge in [0, 0.05) is 13.0 Å². The number of hydrogen-bond donors (Lipinski definition) is 4. The molecule has 5 N–H and O–H groups in total. The summed E-state index contributed by atoms with van der Waals surface area (Å²) in [6.07, 6.45) is 42.2. The summed E-state index contributed by atoms with van der Waals surface area (Å²) >= 11 is 0. The van der Waals surface area contributed by atoms with Crippen molar-refractivity contribution in [3.05, 3.63) is 24.3 Å². The highest BCUT2D eigenvalue weighted by Gasteiger charge is 2.26. The third kappa shape index (κ3) is 35.4.